The van der Waals surface area contributed by atoms with Crippen molar-refractivity contribution in [3.63, 3.8) is 0 Å². The van der Waals surface area contributed by atoms with Crippen LogP contribution < -0.4 is 5.32 Å². The van der Waals surface area contributed by atoms with E-state index in [1.807, 2.05) is 60.7 Å². The predicted octanol–water partition coefficient (Wildman–Crippen LogP) is 1.99. The quantitative estimate of drug-likeness (QED) is 0.838. The molecule has 2 fully saturated rings. The summed E-state index contributed by atoms with van der Waals surface area (Å²) in [4.78, 5) is 0. The molecular formula is C21H25NO5. The van der Waals surface area contributed by atoms with E-state index in [2.05, 4.69) is 5.32 Å². The van der Waals surface area contributed by atoms with Gasteiger partial charge in [0.05, 0.1) is 12.6 Å². The van der Waals surface area contributed by atoms with Crippen LogP contribution in [0.3, 0.4) is 0 Å². The van der Waals surface area contributed by atoms with E-state index in [-0.39, 0.29) is 6.10 Å². The Bertz CT molecular complexity index is 707. The van der Waals surface area contributed by atoms with Crippen molar-refractivity contribution >= 4 is 0 Å². The van der Waals surface area contributed by atoms with Crippen LogP contribution in [0.15, 0.2) is 60.7 Å². The smallest absolute Gasteiger partial charge is 0.184 e. The second-order valence-electron chi connectivity index (χ2n) is 6.84. The Morgan fingerprint density at radius 3 is 2.44 bits per heavy atom. The first-order chi connectivity index (χ1) is 13.3. The molecule has 6 atom stereocenters. The molecule has 2 aliphatic heterocycles. The molecule has 0 aromatic heterocycles. The number of ether oxygens (including phenoxy) is 4. The van der Waals surface area contributed by atoms with E-state index in [0.717, 1.165) is 11.1 Å². The Morgan fingerprint density at radius 2 is 1.74 bits per heavy atom. The number of fused-ring (bicyclic) bond motifs is 1. The van der Waals surface area contributed by atoms with Crippen molar-refractivity contribution < 1.29 is 24.1 Å². The summed E-state index contributed by atoms with van der Waals surface area (Å²) in [5.74, 6) is 0. The van der Waals surface area contributed by atoms with Crippen LogP contribution in [0.2, 0.25) is 0 Å². The molecule has 6 heteroatoms. The number of nitrogens with one attached hydrogen (secondary N) is 1. The van der Waals surface area contributed by atoms with E-state index in [0.29, 0.717) is 13.2 Å². The van der Waals surface area contributed by atoms with Gasteiger partial charge in [-0.3, -0.25) is 0 Å². The van der Waals surface area contributed by atoms with Gasteiger partial charge in [-0.2, -0.15) is 0 Å². The molecule has 0 amide bonds. The van der Waals surface area contributed by atoms with Gasteiger partial charge in [0.15, 0.2) is 12.6 Å². The van der Waals surface area contributed by atoms with Crippen LogP contribution in [0, 0.1) is 0 Å². The maximum Gasteiger partial charge on any atom is 0.184 e. The molecular weight excluding hydrogens is 346 g/mol. The van der Waals surface area contributed by atoms with Gasteiger partial charge in [0.25, 0.3) is 0 Å². The van der Waals surface area contributed by atoms with Crippen LogP contribution in [-0.4, -0.2) is 49.5 Å². The van der Waals surface area contributed by atoms with Gasteiger partial charge in [-0.1, -0.05) is 60.7 Å². The van der Waals surface area contributed by atoms with Crippen molar-refractivity contribution in [2.75, 3.05) is 13.7 Å². The number of hydrogen-bond acceptors (Lipinski definition) is 6. The van der Waals surface area contributed by atoms with E-state index in [1.54, 1.807) is 7.11 Å². The van der Waals surface area contributed by atoms with Crippen LogP contribution in [-0.2, 0) is 25.5 Å². The van der Waals surface area contributed by atoms with E-state index in [9.17, 15) is 5.11 Å². The fourth-order valence-electron chi connectivity index (χ4n) is 3.62. The summed E-state index contributed by atoms with van der Waals surface area (Å²) < 4.78 is 23.3. The standard InChI is InChI=1S/C21H25NO5/c1-24-21-17(22-12-14-8-4-2-5-9-14)18(23)19-16(26-21)13-25-20(27-19)15-10-6-3-7-11-15/h2-11,16-23H,12-13H2,1H3/t16-,17-,18+,19-,20-,21+/m1/s1. The molecule has 144 valence electrons. The molecule has 2 heterocycles. The second-order valence-corrected chi connectivity index (χ2v) is 6.84. The van der Waals surface area contributed by atoms with Crippen molar-refractivity contribution in [1.29, 1.82) is 0 Å². The van der Waals surface area contributed by atoms with Gasteiger partial charge in [0.1, 0.15) is 18.3 Å². The summed E-state index contributed by atoms with van der Waals surface area (Å²) in [5.41, 5.74) is 2.04. The zero-order valence-electron chi connectivity index (χ0n) is 15.2. The maximum atomic E-state index is 11.0. The number of aliphatic hydroxyl groups is 1. The highest BCUT2D eigenvalue weighted by molar-refractivity contribution is 5.17. The van der Waals surface area contributed by atoms with Gasteiger partial charge < -0.3 is 29.4 Å². The number of methoxy groups -OCH3 is 1. The minimum atomic E-state index is -0.785. The predicted molar refractivity (Wildman–Crippen MR) is 98.8 cm³/mol. The molecule has 2 aromatic rings. The van der Waals surface area contributed by atoms with Crippen molar-refractivity contribution in [2.45, 2.75) is 43.5 Å². The zero-order chi connectivity index (χ0) is 18.6. The van der Waals surface area contributed by atoms with Crippen LogP contribution in [0.1, 0.15) is 17.4 Å². The van der Waals surface area contributed by atoms with Gasteiger partial charge in [-0.05, 0) is 5.56 Å². The monoisotopic (exact) mass is 371 g/mol. The van der Waals surface area contributed by atoms with Crippen molar-refractivity contribution in [2.24, 2.45) is 0 Å². The summed E-state index contributed by atoms with van der Waals surface area (Å²) in [7, 11) is 1.58. The van der Waals surface area contributed by atoms with Crippen molar-refractivity contribution in [1.82, 2.24) is 5.32 Å². The summed E-state index contributed by atoms with van der Waals surface area (Å²) in [6.07, 6.45) is -2.75. The third-order valence-electron chi connectivity index (χ3n) is 5.05. The minimum Gasteiger partial charge on any atom is -0.388 e. The third-order valence-corrected chi connectivity index (χ3v) is 5.05. The summed E-state index contributed by atoms with van der Waals surface area (Å²) in [5, 5.41) is 14.4. The SMILES string of the molecule is CO[C@H]1O[C@@H]2CO[C@@H](c3ccccc3)O[C@H]2[C@@H](O)[C@H]1NCc1ccccc1. The first-order valence-corrected chi connectivity index (χ1v) is 9.22. The molecule has 0 spiro atoms. The number of aliphatic hydroxyl groups excluding tert-OH is 1. The average Bonchev–Trinajstić information content (AvgIpc) is 2.74. The Kier molecular flexibility index (Phi) is 5.83. The van der Waals surface area contributed by atoms with Crippen molar-refractivity contribution in [3.8, 4) is 0 Å². The molecule has 27 heavy (non-hydrogen) atoms. The van der Waals surface area contributed by atoms with E-state index in [4.69, 9.17) is 18.9 Å². The Balaban J connectivity index is 1.46. The first kappa shape index (κ1) is 18.6. The van der Waals surface area contributed by atoms with Crippen molar-refractivity contribution in [3.05, 3.63) is 71.8 Å². The van der Waals surface area contributed by atoms with Crippen LogP contribution >= 0.6 is 0 Å². The lowest BCUT2D eigenvalue weighted by atomic mass is 9.95. The summed E-state index contributed by atoms with van der Waals surface area (Å²) >= 11 is 0. The highest BCUT2D eigenvalue weighted by atomic mass is 16.7. The average molecular weight is 371 g/mol. The highest BCUT2D eigenvalue weighted by Crippen LogP contribution is 2.34. The number of benzene rings is 2. The maximum absolute atomic E-state index is 11.0. The lowest BCUT2D eigenvalue weighted by Crippen LogP contribution is -2.65. The summed E-state index contributed by atoms with van der Waals surface area (Å²) in [6, 6.07) is 19.3. The Hall–Kier alpha value is -1.80. The number of rotatable bonds is 5. The Labute approximate surface area is 159 Å². The molecule has 2 aliphatic rings. The summed E-state index contributed by atoms with van der Waals surface area (Å²) in [6.45, 7) is 0.939. The highest BCUT2D eigenvalue weighted by Gasteiger charge is 2.49. The fraction of sp³-hybridized carbons (Fsp3) is 0.429. The third kappa shape index (κ3) is 4.06. The van der Waals surface area contributed by atoms with E-state index >= 15 is 0 Å². The molecule has 2 N–H and O–H groups in total. The van der Waals surface area contributed by atoms with Crippen LogP contribution in [0.25, 0.3) is 0 Å². The topological polar surface area (TPSA) is 69.2 Å². The molecule has 2 aromatic carbocycles. The molecule has 0 bridgehead atoms. The molecule has 0 saturated carbocycles. The largest absolute Gasteiger partial charge is 0.388 e. The molecule has 2 saturated heterocycles. The van der Waals surface area contributed by atoms with Gasteiger partial charge in [-0.25, -0.2) is 0 Å². The minimum absolute atomic E-state index is 0.340. The zero-order valence-corrected chi connectivity index (χ0v) is 15.2. The molecule has 0 radical (unpaired) electrons. The molecule has 0 unspecified atom stereocenters. The van der Waals surface area contributed by atoms with E-state index in [1.165, 1.54) is 0 Å². The lowest BCUT2D eigenvalue weighted by molar-refractivity contribution is -0.341. The van der Waals surface area contributed by atoms with Gasteiger partial charge in [-0.15, -0.1) is 0 Å². The fourth-order valence-corrected chi connectivity index (χ4v) is 3.62. The first-order valence-electron chi connectivity index (χ1n) is 9.22. The Morgan fingerprint density at radius 1 is 1.04 bits per heavy atom. The van der Waals surface area contributed by atoms with Gasteiger partial charge in [0, 0.05) is 19.2 Å². The molecule has 0 aliphatic carbocycles. The van der Waals surface area contributed by atoms with Gasteiger partial charge in [0.2, 0.25) is 0 Å². The van der Waals surface area contributed by atoms with Crippen LogP contribution in [0.4, 0.5) is 0 Å². The van der Waals surface area contributed by atoms with E-state index < -0.39 is 30.8 Å². The van der Waals surface area contributed by atoms with Crippen LogP contribution in [0.5, 0.6) is 0 Å². The lowest BCUT2D eigenvalue weighted by Gasteiger charge is -2.47. The molecule has 4 rings (SSSR count). The van der Waals surface area contributed by atoms with Gasteiger partial charge >= 0.3 is 0 Å². The normalized spacial score (nSPS) is 33.4. The number of hydrogen-bond donors (Lipinski definition) is 2. The second kappa shape index (κ2) is 8.48. The molecule has 6 nitrogen and oxygen atoms in total.